The Bertz CT molecular complexity index is 884. The molecule has 0 heterocycles. The molecule has 0 atom stereocenters. The summed E-state index contributed by atoms with van der Waals surface area (Å²) in [6.07, 6.45) is 0. The number of carbonyl (C=O) groups is 2. The van der Waals surface area contributed by atoms with E-state index in [2.05, 4.69) is 0 Å². The first-order chi connectivity index (χ1) is 11.3. The molecule has 0 saturated carbocycles. The van der Waals surface area contributed by atoms with Crippen molar-refractivity contribution in [2.75, 3.05) is 7.11 Å². The monoisotopic (exact) mass is 352 g/mol. The summed E-state index contributed by atoms with van der Waals surface area (Å²) in [6, 6.07) is 8.51. The van der Waals surface area contributed by atoms with Crippen LogP contribution < -0.4 is 8.92 Å². The second kappa shape index (κ2) is 6.59. The smallest absolute Gasteiger partial charge is 0.340 e. The molecule has 0 spiro atoms. The fraction of sp³-hybridized carbons (Fsp3) is 0.0667. The van der Waals surface area contributed by atoms with Crippen LogP contribution >= 0.6 is 0 Å². The Kier molecular flexibility index (Phi) is 4.74. The molecular weight excluding hydrogens is 340 g/mol. The summed E-state index contributed by atoms with van der Waals surface area (Å²) in [6.45, 7) is 0. The van der Waals surface area contributed by atoms with Crippen LogP contribution in [0.2, 0.25) is 0 Å². The molecule has 0 saturated heterocycles. The van der Waals surface area contributed by atoms with Crippen molar-refractivity contribution in [1.29, 1.82) is 0 Å². The van der Waals surface area contributed by atoms with Gasteiger partial charge in [-0.05, 0) is 36.4 Å². The van der Waals surface area contributed by atoms with Crippen molar-refractivity contribution in [3.8, 4) is 11.5 Å². The molecule has 0 unspecified atom stereocenters. The van der Waals surface area contributed by atoms with E-state index in [4.69, 9.17) is 14.0 Å². The van der Waals surface area contributed by atoms with E-state index in [0.29, 0.717) is 5.75 Å². The summed E-state index contributed by atoms with van der Waals surface area (Å²) >= 11 is 0. The van der Waals surface area contributed by atoms with Crippen molar-refractivity contribution >= 4 is 22.1 Å². The predicted molar refractivity (Wildman–Crippen MR) is 81.2 cm³/mol. The lowest BCUT2D eigenvalue weighted by molar-refractivity contribution is 0.0649. The first-order valence-corrected chi connectivity index (χ1v) is 7.85. The van der Waals surface area contributed by atoms with E-state index >= 15 is 0 Å². The number of carboxylic acids is 2. The van der Waals surface area contributed by atoms with Crippen LogP contribution in [0.1, 0.15) is 20.7 Å². The van der Waals surface area contributed by atoms with E-state index in [1.54, 1.807) is 0 Å². The second-order valence-electron chi connectivity index (χ2n) is 4.50. The molecule has 2 aromatic carbocycles. The Morgan fingerprint density at radius 1 is 0.958 bits per heavy atom. The Balaban J connectivity index is 2.47. The highest BCUT2D eigenvalue weighted by molar-refractivity contribution is 7.87. The van der Waals surface area contributed by atoms with Crippen LogP contribution in [0.5, 0.6) is 11.5 Å². The molecule has 9 heteroatoms. The van der Waals surface area contributed by atoms with Gasteiger partial charge in [0.25, 0.3) is 0 Å². The number of methoxy groups -OCH3 is 1. The van der Waals surface area contributed by atoms with Crippen LogP contribution in [0.25, 0.3) is 0 Å². The zero-order valence-corrected chi connectivity index (χ0v) is 13.1. The molecule has 2 rings (SSSR count). The van der Waals surface area contributed by atoms with Crippen LogP contribution in [0.15, 0.2) is 47.4 Å². The molecule has 0 bridgehead atoms. The third-order valence-electron chi connectivity index (χ3n) is 3.02. The average Bonchev–Trinajstić information content (AvgIpc) is 2.54. The molecule has 0 fully saturated rings. The Morgan fingerprint density at radius 3 is 2.08 bits per heavy atom. The topological polar surface area (TPSA) is 127 Å². The number of carboxylic acid groups (broad SMARTS) is 2. The Labute approximate surface area is 137 Å². The predicted octanol–water partition coefficient (Wildman–Crippen LogP) is 1.86. The van der Waals surface area contributed by atoms with Gasteiger partial charge in [0.05, 0.1) is 12.7 Å². The van der Waals surface area contributed by atoms with Gasteiger partial charge < -0.3 is 19.1 Å². The molecule has 0 aliphatic carbocycles. The lowest BCUT2D eigenvalue weighted by Gasteiger charge is -2.11. The summed E-state index contributed by atoms with van der Waals surface area (Å²) in [7, 11) is -2.94. The minimum absolute atomic E-state index is 0.236. The van der Waals surface area contributed by atoms with Crippen LogP contribution in [0.4, 0.5) is 0 Å². The third-order valence-corrected chi connectivity index (χ3v) is 4.27. The first kappa shape index (κ1) is 17.3. The van der Waals surface area contributed by atoms with Gasteiger partial charge in [0.2, 0.25) is 0 Å². The standard InChI is InChI=1S/C15H12O8S/c1-22-9-5-7-10(8-6-9)24(20,21)23-12-4-2-3-11(14(16)17)13(12)15(18)19/h2-8H,1H3,(H,16,17)(H,18,19). The maximum Gasteiger partial charge on any atom is 0.340 e. The Hall–Kier alpha value is -3.07. The van der Waals surface area contributed by atoms with Crippen molar-refractivity contribution in [2.45, 2.75) is 4.90 Å². The van der Waals surface area contributed by atoms with E-state index in [1.807, 2.05) is 0 Å². The summed E-state index contributed by atoms with van der Waals surface area (Å²) in [5.74, 6) is -3.29. The normalized spacial score (nSPS) is 10.9. The van der Waals surface area contributed by atoms with E-state index in [-0.39, 0.29) is 4.90 Å². The van der Waals surface area contributed by atoms with Gasteiger partial charge in [-0.1, -0.05) is 6.07 Å². The van der Waals surface area contributed by atoms with Crippen molar-refractivity contribution in [3.05, 3.63) is 53.6 Å². The molecule has 24 heavy (non-hydrogen) atoms. The van der Waals surface area contributed by atoms with Crippen LogP contribution in [0, 0.1) is 0 Å². The average molecular weight is 352 g/mol. The van der Waals surface area contributed by atoms with Gasteiger partial charge in [0, 0.05) is 0 Å². The Morgan fingerprint density at radius 2 is 1.58 bits per heavy atom. The number of aromatic carboxylic acids is 2. The van der Waals surface area contributed by atoms with Gasteiger partial charge in [-0.3, -0.25) is 0 Å². The number of hydrogen-bond acceptors (Lipinski definition) is 6. The first-order valence-electron chi connectivity index (χ1n) is 6.44. The van der Waals surface area contributed by atoms with Crippen molar-refractivity contribution in [3.63, 3.8) is 0 Å². The quantitative estimate of drug-likeness (QED) is 0.754. The van der Waals surface area contributed by atoms with Gasteiger partial charge in [0.15, 0.2) is 5.75 Å². The van der Waals surface area contributed by atoms with E-state index in [0.717, 1.165) is 12.1 Å². The summed E-state index contributed by atoms with van der Waals surface area (Å²) < 4.78 is 34.3. The molecular formula is C15H12O8S. The van der Waals surface area contributed by atoms with Crippen LogP contribution in [-0.4, -0.2) is 37.7 Å². The highest BCUT2D eigenvalue weighted by atomic mass is 32.2. The maximum atomic E-state index is 12.3. The molecule has 0 radical (unpaired) electrons. The van der Waals surface area contributed by atoms with Gasteiger partial charge in [0.1, 0.15) is 16.2 Å². The minimum atomic E-state index is -4.35. The molecule has 0 aliphatic heterocycles. The number of hydrogen-bond donors (Lipinski definition) is 2. The largest absolute Gasteiger partial charge is 0.497 e. The second-order valence-corrected chi connectivity index (χ2v) is 6.05. The molecule has 0 aliphatic rings. The summed E-state index contributed by atoms with van der Waals surface area (Å²) in [5.41, 5.74) is -1.33. The maximum absolute atomic E-state index is 12.3. The van der Waals surface area contributed by atoms with Gasteiger partial charge in [-0.2, -0.15) is 8.42 Å². The van der Waals surface area contributed by atoms with E-state index in [9.17, 15) is 23.1 Å². The van der Waals surface area contributed by atoms with E-state index < -0.39 is 38.9 Å². The van der Waals surface area contributed by atoms with Crippen molar-refractivity contribution in [2.24, 2.45) is 0 Å². The van der Waals surface area contributed by atoms with Crippen LogP contribution in [-0.2, 0) is 10.1 Å². The summed E-state index contributed by atoms with van der Waals surface area (Å²) in [5, 5.41) is 18.2. The third kappa shape index (κ3) is 3.46. The van der Waals surface area contributed by atoms with Crippen molar-refractivity contribution < 1.29 is 37.1 Å². The summed E-state index contributed by atoms with van der Waals surface area (Å²) in [4.78, 5) is 22.2. The molecule has 0 aromatic heterocycles. The minimum Gasteiger partial charge on any atom is -0.497 e. The number of ether oxygens (including phenoxy) is 1. The zero-order valence-electron chi connectivity index (χ0n) is 12.3. The molecule has 0 amide bonds. The zero-order chi connectivity index (χ0) is 17.9. The highest BCUT2D eigenvalue weighted by Crippen LogP contribution is 2.27. The molecule has 2 N–H and O–H groups in total. The number of rotatable bonds is 6. The fourth-order valence-electron chi connectivity index (χ4n) is 1.91. The molecule has 8 nitrogen and oxygen atoms in total. The molecule has 126 valence electrons. The van der Waals surface area contributed by atoms with Gasteiger partial charge in [-0.25, -0.2) is 9.59 Å². The highest BCUT2D eigenvalue weighted by Gasteiger charge is 2.25. The lowest BCUT2D eigenvalue weighted by atomic mass is 10.1. The SMILES string of the molecule is COc1ccc(S(=O)(=O)Oc2cccc(C(=O)O)c2C(=O)O)cc1. The number of benzene rings is 2. The van der Waals surface area contributed by atoms with Crippen LogP contribution in [0.3, 0.4) is 0 Å². The van der Waals surface area contributed by atoms with Crippen molar-refractivity contribution in [1.82, 2.24) is 0 Å². The van der Waals surface area contributed by atoms with E-state index in [1.165, 1.54) is 37.4 Å². The fourth-order valence-corrected chi connectivity index (χ4v) is 2.85. The molecule has 2 aromatic rings. The lowest BCUT2D eigenvalue weighted by Crippen LogP contribution is -2.15. The van der Waals surface area contributed by atoms with Gasteiger partial charge >= 0.3 is 22.1 Å². The van der Waals surface area contributed by atoms with Gasteiger partial charge in [-0.15, -0.1) is 0 Å².